The van der Waals surface area contributed by atoms with E-state index in [0.29, 0.717) is 18.1 Å². The van der Waals surface area contributed by atoms with Crippen molar-refractivity contribution in [2.24, 2.45) is 5.10 Å². The van der Waals surface area contributed by atoms with Gasteiger partial charge >= 0.3 is 0 Å². The minimum atomic E-state index is -0.688. The fourth-order valence-electron chi connectivity index (χ4n) is 2.72. The molecule has 150 valence electrons. The van der Waals surface area contributed by atoms with Crippen molar-refractivity contribution in [3.63, 3.8) is 0 Å². The van der Waals surface area contributed by atoms with Crippen molar-refractivity contribution in [3.8, 4) is 11.5 Å². The molecular weight excluding hydrogens is 432 g/mol. The molecule has 3 aromatic rings. The minimum absolute atomic E-state index is 0.333. The number of rotatable bonds is 8. The summed E-state index contributed by atoms with van der Waals surface area (Å²) in [5.41, 5.74) is 3.30. The zero-order chi connectivity index (χ0) is 20.6. The zero-order valence-corrected chi connectivity index (χ0v) is 18.0. The van der Waals surface area contributed by atoms with Crippen LogP contribution in [0.15, 0.2) is 70.2 Å². The fraction of sp³-hybridized carbons (Fsp3) is 0.217. The lowest BCUT2D eigenvalue weighted by Crippen LogP contribution is -2.33. The molecule has 1 unspecified atom stereocenters. The molecule has 0 saturated carbocycles. The van der Waals surface area contributed by atoms with Gasteiger partial charge in [-0.05, 0) is 54.4 Å². The third kappa shape index (κ3) is 5.81. The second kappa shape index (κ2) is 10.1. The number of carbonyl (C=O) groups excluding carboxylic acids is 1. The minimum Gasteiger partial charge on any atom is -0.493 e. The molecule has 0 aliphatic carbocycles. The highest BCUT2D eigenvalue weighted by molar-refractivity contribution is 9.10. The van der Waals surface area contributed by atoms with Crippen LogP contribution < -0.4 is 14.9 Å². The van der Waals surface area contributed by atoms with Crippen LogP contribution in [0.4, 0.5) is 0 Å². The molecule has 0 aliphatic heterocycles. The number of benzene rings is 3. The molecule has 1 atom stereocenters. The third-order valence-corrected chi connectivity index (χ3v) is 4.71. The molecule has 29 heavy (non-hydrogen) atoms. The predicted octanol–water partition coefficient (Wildman–Crippen LogP) is 5.31. The van der Waals surface area contributed by atoms with E-state index in [4.69, 9.17) is 9.47 Å². The molecule has 3 aromatic carbocycles. The Morgan fingerprint density at radius 3 is 2.72 bits per heavy atom. The molecule has 5 nitrogen and oxygen atoms in total. The lowest BCUT2D eigenvalue weighted by atomic mass is 10.1. The Morgan fingerprint density at radius 2 is 1.93 bits per heavy atom. The average Bonchev–Trinajstić information content (AvgIpc) is 2.73. The number of amides is 1. The van der Waals surface area contributed by atoms with E-state index in [0.717, 1.165) is 27.2 Å². The number of hydrogen-bond donors (Lipinski definition) is 1. The van der Waals surface area contributed by atoms with E-state index in [2.05, 4.69) is 26.5 Å². The van der Waals surface area contributed by atoms with Crippen LogP contribution in [0.1, 0.15) is 25.8 Å². The van der Waals surface area contributed by atoms with Gasteiger partial charge in [0.15, 0.2) is 6.10 Å². The van der Waals surface area contributed by atoms with E-state index in [1.54, 1.807) is 13.1 Å². The van der Waals surface area contributed by atoms with Crippen molar-refractivity contribution in [1.29, 1.82) is 0 Å². The Balaban J connectivity index is 1.61. The van der Waals surface area contributed by atoms with Gasteiger partial charge < -0.3 is 9.47 Å². The van der Waals surface area contributed by atoms with Crippen LogP contribution in [0.5, 0.6) is 11.5 Å². The number of hydrogen-bond acceptors (Lipinski definition) is 4. The summed E-state index contributed by atoms with van der Waals surface area (Å²) in [6.07, 6.45) is 1.79. The Bertz CT molecular complexity index is 1020. The first kappa shape index (κ1) is 20.9. The standard InChI is InChI=1S/C23H23BrN2O3/c1-3-12-28-22-11-9-20(24)13-19(22)15-25-26-23(27)16(2)29-21-10-8-17-6-4-5-7-18(17)14-21/h4-11,13-16H,3,12H2,1-2H3,(H,26,27). The van der Waals surface area contributed by atoms with Gasteiger partial charge in [-0.2, -0.15) is 5.10 Å². The molecule has 3 rings (SSSR count). The molecule has 0 aromatic heterocycles. The smallest absolute Gasteiger partial charge is 0.280 e. The highest BCUT2D eigenvalue weighted by atomic mass is 79.9. The molecule has 0 aliphatic rings. The van der Waals surface area contributed by atoms with Crippen LogP contribution in [0.25, 0.3) is 10.8 Å². The van der Waals surface area contributed by atoms with Crippen LogP contribution in [-0.4, -0.2) is 24.8 Å². The highest BCUT2D eigenvalue weighted by Crippen LogP contribution is 2.23. The molecule has 0 saturated heterocycles. The first-order chi connectivity index (χ1) is 14.1. The highest BCUT2D eigenvalue weighted by Gasteiger charge is 2.14. The molecule has 0 bridgehead atoms. The summed E-state index contributed by atoms with van der Waals surface area (Å²) in [6, 6.07) is 19.4. The van der Waals surface area contributed by atoms with Crippen molar-refractivity contribution < 1.29 is 14.3 Å². The van der Waals surface area contributed by atoms with E-state index in [9.17, 15) is 4.79 Å². The number of nitrogens with zero attached hydrogens (tertiary/aromatic N) is 1. The lowest BCUT2D eigenvalue weighted by molar-refractivity contribution is -0.127. The van der Waals surface area contributed by atoms with Crippen LogP contribution in [0, 0.1) is 0 Å². The normalized spacial score (nSPS) is 12.1. The number of ether oxygens (including phenoxy) is 2. The van der Waals surface area contributed by atoms with Crippen LogP contribution in [0.3, 0.4) is 0 Å². The summed E-state index contributed by atoms with van der Waals surface area (Å²) in [4.78, 5) is 12.3. The number of halogens is 1. The van der Waals surface area contributed by atoms with Crippen molar-refractivity contribution in [1.82, 2.24) is 5.43 Å². The summed E-state index contributed by atoms with van der Waals surface area (Å²) < 4.78 is 12.4. The quantitative estimate of drug-likeness (QED) is 0.370. The molecule has 6 heteroatoms. The van der Waals surface area contributed by atoms with Crippen molar-refractivity contribution in [2.45, 2.75) is 26.4 Å². The topological polar surface area (TPSA) is 59.9 Å². The van der Waals surface area contributed by atoms with E-state index in [1.165, 1.54) is 0 Å². The lowest BCUT2D eigenvalue weighted by Gasteiger charge is -2.13. The van der Waals surface area contributed by atoms with Crippen molar-refractivity contribution >= 4 is 38.8 Å². The van der Waals surface area contributed by atoms with Gasteiger partial charge in [0.25, 0.3) is 5.91 Å². The van der Waals surface area contributed by atoms with Crippen LogP contribution in [-0.2, 0) is 4.79 Å². The van der Waals surface area contributed by atoms with Gasteiger partial charge in [-0.1, -0.05) is 53.2 Å². The summed E-state index contributed by atoms with van der Waals surface area (Å²) in [5, 5.41) is 6.24. The predicted molar refractivity (Wildman–Crippen MR) is 120 cm³/mol. The Kier molecular flexibility index (Phi) is 7.25. The number of hydrazone groups is 1. The van der Waals surface area contributed by atoms with Crippen molar-refractivity contribution in [2.75, 3.05) is 6.61 Å². The summed E-state index contributed by atoms with van der Waals surface area (Å²) in [7, 11) is 0. The molecule has 0 fully saturated rings. The molecule has 1 N–H and O–H groups in total. The van der Waals surface area contributed by atoms with E-state index in [-0.39, 0.29) is 5.91 Å². The molecule has 0 heterocycles. The number of nitrogens with one attached hydrogen (secondary N) is 1. The van der Waals surface area contributed by atoms with Gasteiger partial charge in [-0.3, -0.25) is 4.79 Å². The Labute approximate surface area is 178 Å². The summed E-state index contributed by atoms with van der Waals surface area (Å²) in [6.45, 7) is 4.35. The van der Waals surface area contributed by atoms with E-state index >= 15 is 0 Å². The maximum atomic E-state index is 12.3. The maximum absolute atomic E-state index is 12.3. The second-order valence-electron chi connectivity index (χ2n) is 6.53. The van der Waals surface area contributed by atoms with Gasteiger partial charge in [0.05, 0.1) is 12.8 Å². The first-order valence-corrected chi connectivity index (χ1v) is 10.3. The third-order valence-electron chi connectivity index (χ3n) is 4.21. The number of fused-ring (bicyclic) bond motifs is 1. The second-order valence-corrected chi connectivity index (χ2v) is 7.45. The number of carbonyl (C=O) groups is 1. The Hall–Kier alpha value is -2.86. The van der Waals surface area contributed by atoms with Gasteiger partial charge in [0.2, 0.25) is 0 Å². The maximum Gasteiger partial charge on any atom is 0.280 e. The van der Waals surface area contributed by atoms with Crippen molar-refractivity contribution in [3.05, 3.63) is 70.7 Å². The van der Waals surface area contributed by atoms with Gasteiger partial charge in [0, 0.05) is 10.0 Å². The monoisotopic (exact) mass is 454 g/mol. The van der Waals surface area contributed by atoms with Crippen LogP contribution in [0.2, 0.25) is 0 Å². The van der Waals surface area contributed by atoms with Gasteiger partial charge in [-0.15, -0.1) is 0 Å². The Morgan fingerprint density at radius 1 is 1.14 bits per heavy atom. The molecule has 0 spiro atoms. The van der Waals surface area contributed by atoms with Gasteiger partial charge in [0.1, 0.15) is 11.5 Å². The fourth-order valence-corrected chi connectivity index (χ4v) is 3.10. The zero-order valence-electron chi connectivity index (χ0n) is 16.4. The first-order valence-electron chi connectivity index (χ1n) is 9.47. The van der Waals surface area contributed by atoms with E-state index < -0.39 is 6.10 Å². The van der Waals surface area contributed by atoms with Crippen LogP contribution >= 0.6 is 15.9 Å². The SMILES string of the molecule is CCCOc1ccc(Br)cc1C=NNC(=O)C(C)Oc1ccc2ccccc2c1. The van der Waals surface area contributed by atoms with Gasteiger partial charge in [-0.25, -0.2) is 5.43 Å². The summed E-state index contributed by atoms with van der Waals surface area (Å²) in [5.74, 6) is 1.02. The molecule has 1 amide bonds. The molecular formula is C23H23BrN2O3. The summed E-state index contributed by atoms with van der Waals surface area (Å²) >= 11 is 3.44. The average molecular weight is 455 g/mol. The molecule has 0 radical (unpaired) electrons. The van der Waals surface area contributed by atoms with E-state index in [1.807, 2.05) is 67.6 Å². The largest absolute Gasteiger partial charge is 0.493 e.